The van der Waals surface area contributed by atoms with Gasteiger partial charge in [-0.15, -0.1) is 0 Å². The zero-order valence-electron chi connectivity index (χ0n) is 23.0. The molecule has 0 bridgehead atoms. The molecule has 7 nitrogen and oxygen atoms in total. The highest BCUT2D eigenvalue weighted by Crippen LogP contribution is 2.39. The standard InChI is InChI=1S/C30H40FN5O2/c1-20-16-35(25(15-32-20)17-34-10-9-26(37)11-21(34)2)18-28(38)36-19-30(3,4)29-27(36)13-23(14-33-29)12-22-5-7-24(31)8-6-22/h5-8,13-14,20-21,25,32H,9-12,15-19H2,1-4H3/t20?,21-,25+/m0/s1. The number of carbonyl (C=O) groups is 2. The van der Waals surface area contributed by atoms with E-state index in [4.69, 9.17) is 4.98 Å². The number of carbonyl (C=O) groups excluding carboxylic acids is 2. The molecule has 2 saturated heterocycles. The van der Waals surface area contributed by atoms with Gasteiger partial charge in [-0.2, -0.15) is 0 Å². The van der Waals surface area contributed by atoms with Crippen LogP contribution in [0.1, 0.15) is 57.4 Å². The number of anilines is 1. The van der Waals surface area contributed by atoms with Crippen molar-refractivity contribution in [3.05, 3.63) is 59.2 Å². The molecule has 0 radical (unpaired) electrons. The van der Waals surface area contributed by atoms with Crippen molar-refractivity contribution in [3.8, 4) is 0 Å². The van der Waals surface area contributed by atoms with E-state index in [-0.39, 0.29) is 29.2 Å². The average Bonchev–Trinajstić information content (AvgIpc) is 3.14. The molecule has 0 spiro atoms. The van der Waals surface area contributed by atoms with Crippen LogP contribution in [-0.2, 0) is 21.4 Å². The average molecular weight is 522 g/mol. The molecule has 5 rings (SSSR count). The van der Waals surface area contributed by atoms with E-state index in [1.165, 1.54) is 12.1 Å². The van der Waals surface area contributed by atoms with Crippen molar-refractivity contribution >= 4 is 17.4 Å². The Bertz CT molecular complexity index is 1180. The number of aromatic nitrogens is 1. The minimum atomic E-state index is -0.247. The number of hydrogen-bond acceptors (Lipinski definition) is 6. The SMILES string of the molecule is CC1CN(CC(=O)N2CC(C)(C)c3ncc(Cc4ccc(F)cc4)cc32)[C@@H](CN2CCC(=O)C[C@@H]2C)CN1. The molecule has 1 aromatic carbocycles. The molecule has 1 unspecified atom stereocenters. The van der Waals surface area contributed by atoms with Gasteiger partial charge in [0.1, 0.15) is 11.6 Å². The number of piperazine rings is 1. The van der Waals surface area contributed by atoms with Crippen LogP contribution < -0.4 is 10.2 Å². The Morgan fingerprint density at radius 2 is 1.92 bits per heavy atom. The van der Waals surface area contributed by atoms with Crippen molar-refractivity contribution in [2.45, 2.75) is 70.5 Å². The fourth-order valence-electron chi connectivity index (χ4n) is 6.19. The third kappa shape index (κ3) is 5.82. The number of hydrogen-bond donors (Lipinski definition) is 1. The first-order valence-electron chi connectivity index (χ1n) is 13.9. The predicted octanol–water partition coefficient (Wildman–Crippen LogP) is 3.15. The maximum absolute atomic E-state index is 13.9. The van der Waals surface area contributed by atoms with Gasteiger partial charge in [0.2, 0.25) is 5.91 Å². The van der Waals surface area contributed by atoms with E-state index in [2.05, 4.69) is 48.9 Å². The van der Waals surface area contributed by atoms with Crippen molar-refractivity contribution in [2.75, 3.05) is 44.2 Å². The van der Waals surface area contributed by atoms with Gasteiger partial charge in [-0.3, -0.25) is 24.4 Å². The highest BCUT2D eigenvalue weighted by atomic mass is 19.1. The van der Waals surface area contributed by atoms with Gasteiger partial charge in [0.15, 0.2) is 0 Å². The zero-order valence-corrected chi connectivity index (χ0v) is 23.0. The molecule has 1 amide bonds. The number of pyridine rings is 1. The van der Waals surface area contributed by atoms with E-state index in [1.807, 2.05) is 11.1 Å². The number of amides is 1. The van der Waals surface area contributed by atoms with E-state index < -0.39 is 0 Å². The van der Waals surface area contributed by atoms with Gasteiger partial charge in [-0.1, -0.05) is 26.0 Å². The Balaban J connectivity index is 1.32. The van der Waals surface area contributed by atoms with Gasteiger partial charge < -0.3 is 10.2 Å². The summed E-state index contributed by atoms with van der Waals surface area (Å²) < 4.78 is 13.4. The van der Waals surface area contributed by atoms with Crippen molar-refractivity contribution in [1.29, 1.82) is 0 Å². The van der Waals surface area contributed by atoms with Gasteiger partial charge in [0.25, 0.3) is 0 Å². The fourth-order valence-corrected chi connectivity index (χ4v) is 6.19. The Kier molecular flexibility index (Phi) is 7.67. The summed E-state index contributed by atoms with van der Waals surface area (Å²) in [7, 11) is 0. The van der Waals surface area contributed by atoms with Gasteiger partial charge in [-0.05, 0) is 49.6 Å². The lowest BCUT2D eigenvalue weighted by atomic mass is 9.91. The number of fused-ring (bicyclic) bond motifs is 1. The first-order valence-corrected chi connectivity index (χ1v) is 13.9. The molecular formula is C30H40FN5O2. The molecule has 38 heavy (non-hydrogen) atoms. The molecule has 3 atom stereocenters. The maximum Gasteiger partial charge on any atom is 0.241 e. The second-order valence-corrected chi connectivity index (χ2v) is 12.1. The highest BCUT2D eigenvalue weighted by molar-refractivity contribution is 5.97. The first-order chi connectivity index (χ1) is 18.1. The summed E-state index contributed by atoms with van der Waals surface area (Å²) >= 11 is 0. The van der Waals surface area contributed by atoms with Crippen LogP contribution in [0.4, 0.5) is 10.1 Å². The number of halogens is 1. The molecule has 204 valence electrons. The normalized spacial score (nSPS) is 26.0. The van der Waals surface area contributed by atoms with Crippen molar-refractivity contribution in [1.82, 2.24) is 20.1 Å². The number of nitrogens with zero attached hydrogens (tertiary/aromatic N) is 4. The molecule has 0 aliphatic carbocycles. The number of Topliss-reactive ketones (excluding diaryl/α,β-unsaturated/α-hetero) is 1. The van der Waals surface area contributed by atoms with Crippen LogP contribution in [0.2, 0.25) is 0 Å². The Labute approximate surface area is 225 Å². The lowest BCUT2D eigenvalue weighted by Gasteiger charge is -2.43. The number of likely N-dealkylation sites (tertiary alicyclic amines) is 1. The molecule has 1 aromatic heterocycles. The Hall–Kier alpha value is -2.68. The second-order valence-electron chi connectivity index (χ2n) is 12.1. The van der Waals surface area contributed by atoms with Crippen molar-refractivity contribution in [3.63, 3.8) is 0 Å². The van der Waals surface area contributed by atoms with Gasteiger partial charge in [0.05, 0.1) is 17.9 Å². The number of benzene rings is 1. The lowest BCUT2D eigenvalue weighted by molar-refractivity contribution is -0.123. The monoisotopic (exact) mass is 521 g/mol. The minimum Gasteiger partial charge on any atom is -0.311 e. The maximum atomic E-state index is 13.9. The zero-order chi connectivity index (χ0) is 27.0. The third-order valence-corrected chi connectivity index (χ3v) is 8.37. The van der Waals surface area contributed by atoms with Gasteiger partial charge in [0, 0.05) is 75.3 Å². The van der Waals surface area contributed by atoms with Crippen LogP contribution in [-0.4, -0.2) is 83.9 Å². The molecule has 8 heteroatoms. The summed E-state index contributed by atoms with van der Waals surface area (Å²) in [5.41, 5.74) is 3.63. The summed E-state index contributed by atoms with van der Waals surface area (Å²) in [4.78, 5) is 37.2. The van der Waals surface area contributed by atoms with Crippen LogP contribution in [0, 0.1) is 5.82 Å². The second kappa shape index (κ2) is 10.8. The van der Waals surface area contributed by atoms with Crippen LogP contribution in [0.3, 0.4) is 0 Å². The predicted molar refractivity (Wildman–Crippen MR) is 147 cm³/mol. The van der Waals surface area contributed by atoms with E-state index in [0.717, 1.165) is 48.7 Å². The fraction of sp³-hybridized carbons (Fsp3) is 0.567. The number of nitrogens with one attached hydrogen (secondary N) is 1. The quantitative estimate of drug-likeness (QED) is 0.630. The number of piperidine rings is 1. The summed E-state index contributed by atoms with van der Waals surface area (Å²) in [6.07, 6.45) is 3.75. The third-order valence-electron chi connectivity index (χ3n) is 8.37. The topological polar surface area (TPSA) is 68.8 Å². The molecule has 3 aliphatic heterocycles. The molecule has 0 saturated carbocycles. The lowest BCUT2D eigenvalue weighted by Crippen LogP contribution is -2.61. The van der Waals surface area contributed by atoms with Crippen LogP contribution in [0.15, 0.2) is 36.5 Å². The minimum absolute atomic E-state index is 0.0959. The van der Waals surface area contributed by atoms with Crippen molar-refractivity contribution in [2.24, 2.45) is 0 Å². The smallest absolute Gasteiger partial charge is 0.241 e. The first kappa shape index (κ1) is 26.9. The summed E-state index contributed by atoms with van der Waals surface area (Å²) in [6.45, 7) is 12.8. The van der Waals surface area contributed by atoms with E-state index in [1.54, 1.807) is 12.1 Å². The van der Waals surface area contributed by atoms with Crippen LogP contribution in [0.25, 0.3) is 0 Å². The number of ketones is 1. The number of rotatable bonds is 6. The van der Waals surface area contributed by atoms with Crippen molar-refractivity contribution < 1.29 is 14.0 Å². The van der Waals surface area contributed by atoms with E-state index in [0.29, 0.717) is 44.2 Å². The van der Waals surface area contributed by atoms with Gasteiger partial charge >= 0.3 is 0 Å². The molecular weight excluding hydrogens is 481 g/mol. The van der Waals surface area contributed by atoms with Crippen LogP contribution in [0.5, 0.6) is 0 Å². The highest BCUT2D eigenvalue weighted by Gasteiger charge is 2.41. The molecule has 2 fully saturated rings. The summed E-state index contributed by atoms with van der Waals surface area (Å²) in [5, 5.41) is 3.59. The molecule has 4 heterocycles. The summed E-state index contributed by atoms with van der Waals surface area (Å²) in [5.74, 6) is 0.195. The van der Waals surface area contributed by atoms with E-state index in [9.17, 15) is 14.0 Å². The molecule has 1 N–H and O–H groups in total. The summed E-state index contributed by atoms with van der Waals surface area (Å²) in [6, 6.07) is 9.38. The largest absolute Gasteiger partial charge is 0.311 e. The Morgan fingerprint density at radius 1 is 1.16 bits per heavy atom. The van der Waals surface area contributed by atoms with Crippen LogP contribution >= 0.6 is 0 Å². The van der Waals surface area contributed by atoms with E-state index >= 15 is 0 Å². The molecule has 3 aliphatic rings. The Morgan fingerprint density at radius 3 is 2.66 bits per heavy atom. The molecule has 2 aromatic rings. The van der Waals surface area contributed by atoms with Gasteiger partial charge in [-0.25, -0.2) is 4.39 Å².